The lowest BCUT2D eigenvalue weighted by Crippen LogP contribution is -2.54. The predicted octanol–water partition coefficient (Wildman–Crippen LogP) is 2.04. The lowest BCUT2D eigenvalue weighted by atomic mass is 9.63. The number of nitrogens with one attached hydrogen (secondary N) is 2. The van der Waals surface area contributed by atoms with E-state index in [1.54, 1.807) is 0 Å². The van der Waals surface area contributed by atoms with Gasteiger partial charge < -0.3 is 21.5 Å². The van der Waals surface area contributed by atoms with Crippen LogP contribution in [0.4, 0.5) is 11.8 Å². The van der Waals surface area contributed by atoms with Crippen LogP contribution < -0.4 is 16.4 Å². The zero-order valence-electron chi connectivity index (χ0n) is 14.6. The zero-order valence-corrected chi connectivity index (χ0v) is 14.6. The summed E-state index contributed by atoms with van der Waals surface area (Å²) in [6.45, 7) is 5.98. The summed E-state index contributed by atoms with van der Waals surface area (Å²) in [7, 11) is 0. The normalized spacial score (nSPS) is 29.3. The Hall–Kier alpha value is -1.89. The number of carbonyl (C=O) groups is 1. The molecule has 7 nitrogen and oxygen atoms in total. The molecule has 1 aromatic heterocycles. The molecule has 0 atom stereocenters. The van der Waals surface area contributed by atoms with Crippen molar-refractivity contribution in [2.45, 2.75) is 76.0 Å². The van der Waals surface area contributed by atoms with Crippen molar-refractivity contribution in [1.82, 2.24) is 9.97 Å². The minimum Gasteiger partial charge on any atom is -0.390 e. The van der Waals surface area contributed by atoms with Gasteiger partial charge in [0.15, 0.2) is 0 Å². The Labute approximate surface area is 142 Å². The van der Waals surface area contributed by atoms with Gasteiger partial charge in [-0.15, -0.1) is 0 Å². The molecule has 132 valence electrons. The van der Waals surface area contributed by atoms with Crippen molar-refractivity contribution in [2.75, 3.05) is 10.6 Å². The van der Waals surface area contributed by atoms with E-state index in [0.717, 1.165) is 38.5 Å². The predicted molar refractivity (Wildman–Crippen MR) is 92.9 cm³/mol. The summed E-state index contributed by atoms with van der Waals surface area (Å²) in [5.74, 6) is 0.401. The van der Waals surface area contributed by atoms with E-state index in [4.69, 9.17) is 5.73 Å². The second-order valence-electron chi connectivity index (χ2n) is 8.32. The molecule has 0 spiro atoms. The third-order valence-corrected chi connectivity index (χ3v) is 5.13. The van der Waals surface area contributed by atoms with Crippen molar-refractivity contribution in [3.05, 3.63) is 11.8 Å². The van der Waals surface area contributed by atoms with Gasteiger partial charge in [0, 0.05) is 17.3 Å². The van der Waals surface area contributed by atoms with E-state index < -0.39 is 11.5 Å². The number of carbonyl (C=O) groups excluding carboxylic acids is 1. The summed E-state index contributed by atoms with van der Waals surface area (Å²) in [4.78, 5) is 20.4. The molecule has 0 aromatic carbocycles. The molecule has 24 heavy (non-hydrogen) atoms. The number of hydrogen-bond acceptors (Lipinski definition) is 6. The van der Waals surface area contributed by atoms with Crippen LogP contribution in [0.2, 0.25) is 0 Å². The molecular formula is C17H27N5O2. The smallest absolute Gasteiger partial charge is 0.254 e. The SMILES string of the molecule is CC(C)(C)Nc1nc(NC23CCC(O)(CC2)CC3)ncc1C(N)=O. The number of amides is 1. The number of nitrogens with two attached hydrogens (primary N) is 1. The van der Waals surface area contributed by atoms with Crippen molar-refractivity contribution in [3.63, 3.8) is 0 Å². The first kappa shape index (κ1) is 17.0. The molecule has 1 aromatic rings. The van der Waals surface area contributed by atoms with Crippen molar-refractivity contribution in [1.29, 1.82) is 0 Å². The van der Waals surface area contributed by atoms with E-state index in [9.17, 15) is 9.90 Å². The quantitative estimate of drug-likeness (QED) is 0.670. The molecule has 3 aliphatic rings. The van der Waals surface area contributed by atoms with Crippen LogP contribution in [0.15, 0.2) is 6.20 Å². The first-order valence-corrected chi connectivity index (χ1v) is 8.56. The van der Waals surface area contributed by atoms with E-state index in [1.807, 2.05) is 20.8 Å². The number of aliphatic hydroxyl groups is 1. The number of rotatable bonds is 4. The molecule has 3 saturated carbocycles. The van der Waals surface area contributed by atoms with Crippen molar-refractivity contribution >= 4 is 17.7 Å². The highest BCUT2D eigenvalue weighted by Crippen LogP contribution is 2.47. The van der Waals surface area contributed by atoms with E-state index >= 15 is 0 Å². The Balaban J connectivity index is 1.84. The number of primary amides is 1. The fraction of sp³-hybridized carbons (Fsp3) is 0.706. The van der Waals surface area contributed by atoms with Gasteiger partial charge in [0.2, 0.25) is 5.95 Å². The van der Waals surface area contributed by atoms with Crippen LogP contribution in [0.1, 0.15) is 69.7 Å². The van der Waals surface area contributed by atoms with Crippen LogP contribution in [0, 0.1) is 0 Å². The standard InChI is InChI=1S/C17H27N5O2/c1-15(2,3)21-13-11(12(18)23)10-19-14(20-13)22-16-4-7-17(24,8-5-16)9-6-16/h10,24H,4-9H2,1-3H3,(H2,18,23)(H2,19,20,21,22). The van der Waals surface area contributed by atoms with Crippen LogP contribution in [-0.2, 0) is 0 Å². The lowest BCUT2D eigenvalue weighted by molar-refractivity contribution is -0.0581. The van der Waals surface area contributed by atoms with Crippen molar-refractivity contribution in [3.8, 4) is 0 Å². The molecule has 0 unspecified atom stereocenters. The van der Waals surface area contributed by atoms with Gasteiger partial charge in [-0.1, -0.05) is 0 Å². The van der Waals surface area contributed by atoms with Gasteiger partial charge >= 0.3 is 0 Å². The largest absolute Gasteiger partial charge is 0.390 e. The van der Waals surface area contributed by atoms with Gasteiger partial charge in [0.1, 0.15) is 5.82 Å². The zero-order chi connectivity index (χ0) is 17.6. The van der Waals surface area contributed by atoms with Crippen molar-refractivity contribution < 1.29 is 9.90 Å². The summed E-state index contributed by atoms with van der Waals surface area (Å²) >= 11 is 0. The number of fused-ring (bicyclic) bond motifs is 3. The number of nitrogens with zero attached hydrogens (tertiary/aromatic N) is 2. The first-order valence-electron chi connectivity index (χ1n) is 8.56. The molecule has 7 heteroatoms. The third-order valence-electron chi connectivity index (χ3n) is 5.13. The molecule has 1 amide bonds. The highest BCUT2D eigenvalue weighted by molar-refractivity contribution is 5.97. The monoisotopic (exact) mass is 333 g/mol. The highest BCUT2D eigenvalue weighted by Gasteiger charge is 2.48. The molecule has 3 fully saturated rings. The Bertz CT molecular complexity index is 628. The lowest BCUT2D eigenvalue weighted by Gasteiger charge is -2.51. The maximum absolute atomic E-state index is 11.6. The molecule has 0 saturated heterocycles. The van der Waals surface area contributed by atoms with Gasteiger partial charge in [-0.2, -0.15) is 4.98 Å². The molecule has 2 bridgehead atoms. The van der Waals surface area contributed by atoms with Gasteiger partial charge in [-0.25, -0.2) is 4.98 Å². The topological polar surface area (TPSA) is 113 Å². The maximum atomic E-state index is 11.6. The van der Waals surface area contributed by atoms with E-state index in [-0.39, 0.29) is 16.6 Å². The fourth-order valence-corrected chi connectivity index (χ4v) is 3.66. The molecule has 3 aliphatic carbocycles. The summed E-state index contributed by atoms with van der Waals surface area (Å²) in [5.41, 5.74) is 4.94. The van der Waals surface area contributed by atoms with E-state index in [0.29, 0.717) is 11.8 Å². The average molecular weight is 333 g/mol. The minimum absolute atomic E-state index is 0.0578. The Morgan fingerprint density at radius 2 is 1.79 bits per heavy atom. The molecule has 0 radical (unpaired) electrons. The highest BCUT2D eigenvalue weighted by atomic mass is 16.3. The van der Waals surface area contributed by atoms with Gasteiger partial charge in [0.25, 0.3) is 5.91 Å². The molecular weight excluding hydrogens is 306 g/mol. The van der Waals surface area contributed by atoms with E-state index in [1.165, 1.54) is 6.20 Å². The van der Waals surface area contributed by atoms with Crippen molar-refractivity contribution in [2.24, 2.45) is 5.73 Å². The summed E-state index contributed by atoms with van der Waals surface area (Å²) < 4.78 is 0. The van der Waals surface area contributed by atoms with Crippen LogP contribution in [0.5, 0.6) is 0 Å². The Morgan fingerprint density at radius 3 is 2.29 bits per heavy atom. The van der Waals surface area contributed by atoms with Crippen LogP contribution >= 0.6 is 0 Å². The molecule has 4 rings (SSSR count). The van der Waals surface area contributed by atoms with Gasteiger partial charge in [0.05, 0.1) is 11.2 Å². The third kappa shape index (κ3) is 3.45. The van der Waals surface area contributed by atoms with Crippen LogP contribution in [-0.4, -0.2) is 37.7 Å². The Morgan fingerprint density at radius 1 is 1.21 bits per heavy atom. The van der Waals surface area contributed by atoms with Gasteiger partial charge in [-0.05, 0) is 59.3 Å². The van der Waals surface area contributed by atoms with Gasteiger partial charge in [-0.3, -0.25) is 4.79 Å². The second-order valence-corrected chi connectivity index (χ2v) is 8.32. The number of anilines is 2. The number of aromatic nitrogens is 2. The summed E-state index contributed by atoms with van der Waals surface area (Å²) in [6, 6.07) is 0. The number of hydrogen-bond donors (Lipinski definition) is 4. The van der Waals surface area contributed by atoms with E-state index in [2.05, 4.69) is 20.6 Å². The fourth-order valence-electron chi connectivity index (χ4n) is 3.66. The second kappa shape index (κ2) is 5.58. The molecule has 1 heterocycles. The van der Waals surface area contributed by atoms with Crippen LogP contribution in [0.3, 0.4) is 0 Å². The minimum atomic E-state index is -0.549. The van der Waals surface area contributed by atoms with Crippen LogP contribution in [0.25, 0.3) is 0 Å². The average Bonchev–Trinajstić information content (AvgIpc) is 2.47. The molecule has 0 aliphatic heterocycles. The first-order chi connectivity index (χ1) is 11.1. The Kier molecular flexibility index (Phi) is 3.94. The summed E-state index contributed by atoms with van der Waals surface area (Å²) in [5, 5.41) is 17.0. The maximum Gasteiger partial charge on any atom is 0.254 e. The summed E-state index contributed by atoms with van der Waals surface area (Å²) in [6.07, 6.45) is 6.64. The molecule has 5 N–H and O–H groups in total.